The van der Waals surface area contributed by atoms with Crippen LogP contribution in [0.2, 0.25) is 0 Å². The Kier molecular flexibility index (Phi) is 9.53. The number of hydrogen-bond donors (Lipinski definition) is 2. The summed E-state index contributed by atoms with van der Waals surface area (Å²) in [5, 5.41) is 18.6. The first-order valence-electron chi connectivity index (χ1n) is 9.05. The molecule has 1 fully saturated rings. The number of unbranched alkanes of at least 4 members (excludes halogenated alkanes) is 3. The van der Waals surface area contributed by atoms with E-state index in [0.717, 1.165) is 19.3 Å². The largest absolute Gasteiger partial charge is 0.481 e. The fourth-order valence-electron chi connectivity index (χ4n) is 3.30. The summed E-state index contributed by atoms with van der Waals surface area (Å²) in [6, 6.07) is 0. The van der Waals surface area contributed by atoms with Crippen LogP contribution >= 0.6 is 0 Å². The van der Waals surface area contributed by atoms with Crippen molar-refractivity contribution in [2.45, 2.75) is 77.2 Å². The number of rotatable bonds is 12. The molecule has 1 aliphatic rings. The van der Waals surface area contributed by atoms with Gasteiger partial charge in [-0.3, -0.25) is 14.4 Å². The molecule has 0 spiro atoms. The van der Waals surface area contributed by atoms with Crippen LogP contribution in [0.3, 0.4) is 0 Å². The van der Waals surface area contributed by atoms with Gasteiger partial charge >= 0.3 is 5.97 Å². The van der Waals surface area contributed by atoms with Gasteiger partial charge in [-0.2, -0.15) is 0 Å². The van der Waals surface area contributed by atoms with Crippen LogP contribution < -0.4 is 0 Å². The zero-order valence-electron chi connectivity index (χ0n) is 14.6. The van der Waals surface area contributed by atoms with Crippen molar-refractivity contribution in [2.24, 2.45) is 11.8 Å². The van der Waals surface area contributed by atoms with Crippen LogP contribution in [0.15, 0.2) is 12.2 Å². The molecule has 3 atom stereocenters. The lowest BCUT2D eigenvalue weighted by Crippen LogP contribution is -2.21. The SMILES string of the molecule is CCC(=O)CC[C@H]1[C@H](O)CC(=O)[C@@H]1CC=CCCCCCC(=O)O. The van der Waals surface area contributed by atoms with E-state index in [0.29, 0.717) is 32.1 Å². The van der Waals surface area contributed by atoms with Crippen molar-refractivity contribution in [2.75, 3.05) is 0 Å². The Bertz CT molecular complexity index is 455. The van der Waals surface area contributed by atoms with Crippen LogP contribution in [-0.2, 0) is 14.4 Å². The minimum atomic E-state index is -0.753. The highest BCUT2D eigenvalue weighted by molar-refractivity contribution is 5.84. The highest BCUT2D eigenvalue weighted by Crippen LogP contribution is 2.35. The molecule has 0 heterocycles. The van der Waals surface area contributed by atoms with Crippen molar-refractivity contribution < 1.29 is 24.6 Å². The molecule has 2 N–H and O–H groups in total. The first-order chi connectivity index (χ1) is 11.5. The smallest absolute Gasteiger partial charge is 0.303 e. The fourth-order valence-corrected chi connectivity index (χ4v) is 3.30. The Hall–Kier alpha value is -1.49. The monoisotopic (exact) mass is 338 g/mol. The molecule has 5 heteroatoms. The van der Waals surface area contributed by atoms with Crippen LogP contribution in [0.1, 0.15) is 71.1 Å². The van der Waals surface area contributed by atoms with Gasteiger partial charge in [-0.25, -0.2) is 0 Å². The van der Waals surface area contributed by atoms with Crippen molar-refractivity contribution in [3.8, 4) is 0 Å². The van der Waals surface area contributed by atoms with Crippen molar-refractivity contribution in [3.05, 3.63) is 12.2 Å². The molecule has 0 aliphatic heterocycles. The Morgan fingerprint density at radius 1 is 1.17 bits per heavy atom. The minimum absolute atomic E-state index is 0.0996. The highest BCUT2D eigenvalue weighted by atomic mass is 16.4. The van der Waals surface area contributed by atoms with E-state index in [-0.39, 0.29) is 36.2 Å². The average Bonchev–Trinajstić information content (AvgIpc) is 2.80. The van der Waals surface area contributed by atoms with Crippen molar-refractivity contribution in [1.29, 1.82) is 0 Å². The Morgan fingerprint density at radius 3 is 2.58 bits per heavy atom. The van der Waals surface area contributed by atoms with Crippen LogP contribution in [0.5, 0.6) is 0 Å². The lowest BCUT2D eigenvalue weighted by atomic mass is 9.86. The summed E-state index contributed by atoms with van der Waals surface area (Å²) in [6.07, 6.45) is 9.40. The van der Waals surface area contributed by atoms with Gasteiger partial charge < -0.3 is 10.2 Å². The lowest BCUT2D eigenvalue weighted by Gasteiger charge is -2.19. The van der Waals surface area contributed by atoms with Gasteiger partial charge in [0, 0.05) is 31.6 Å². The molecular weight excluding hydrogens is 308 g/mol. The van der Waals surface area contributed by atoms with E-state index in [9.17, 15) is 19.5 Å². The molecule has 0 amide bonds. The van der Waals surface area contributed by atoms with E-state index in [4.69, 9.17) is 5.11 Å². The number of Topliss-reactive ketones (excluding diaryl/α,β-unsaturated/α-hetero) is 2. The molecule has 0 aromatic rings. The summed E-state index contributed by atoms with van der Waals surface area (Å²) < 4.78 is 0. The number of carbonyl (C=O) groups is 3. The second-order valence-electron chi connectivity index (χ2n) is 6.64. The van der Waals surface area contributed by atoms with Gasteiger partial charge in [0.25, 0.3) is 0 Å². The molecule has 0 bridgehead atoms. The number of carbonyl (C=O) groups excluding carboxylic acids is 2. The van der Waals surface area contributed by atoms with Gasteiger partial charge in [0.1, 0.15) is 11.6 Å². The maximum Gasteiger partial charge on any atom is 0.303 e. The van der Waals surface area contributed by atoms with Crippen molar-refractivity contribution in [3.63, 3.8) is 0 Å². The minimum Gasteiger partial charge on any atom is -0.481 e. The van der Waals surface area contributed by atoms with Gasteiger partial charge in [-0.1, -0.05) is 25.5 Å². The quantitative estimate of drug-likeness (QED) is 0.421. The maximum atomic E-state index is 12.0. The highest BCUT2D eigenvalue weighted by Gasteiger charge is 2.40. The molecule has 0 radical (unpaired) electrons. The molecule has 0 unspecified atom stereocenters. The van der Waals surface area contributed by atoms with Crippen molar-refractivity contribution >= 4 is 17.5 Å². The number of carboxylic acids is 1. The predicted molar refractivity (Wildman–Crippen MR) is 91.6 cm³/mol. The molecule has 136 valence electrons. The Morgan fingerprint density at radius 2 is 1.92 bits per heavy atom. The maximum absolute atomic E-state index is 12.0. The van der Waals surface area contributed by atoms with Crippen LogP contribution in [-0.4, -0.2) is 33.9 Å². The third-order valence-corrected chi connectivity index (χ3v) is 4.80. The lowest BCUT2D eigenvalue weighted by molar-refractivity contribution is -0.137. The van der Waals surface area contributed by atoms with E-state index in [1.807, 2.05) is 19.1 Å². The molecule has 0 aromatic heterocycles. The zero-order chi connectivity index (χ0) is 17.9. The van der Waals surface area contributed by atoms with E-state index in [2.05, 4.69) is 0 Å². The van der Waals surface area contributed by atoms with E-state index in [1.54, 1.807) is 0 Å². The molecule has 1 rings (SSSR count). The third-order valence-electron chi connectivity index (χ3n) is 4.80. The second-order valence-corrected chi connectivity index (χ2v) is 6.64. The second kappa shape index (κ2) is 11.1. The molecule has 1 aliphatic carbocycles. The molecule has 0 saturated heterocycles. The molecule has 5 nitrogen and oxygen atoms in total. The summed E-state index contributed by atoms with van der Waals surface area (Å²) in [4.78, 5) is 33.9. The number of aliphatic hydroxyl groups is 1. The average molecular weight is 338 g/mol. The van der Waals surface area contributed by atoms with Crippen LogP contribution in [0, 0.1) is 11.8 Å². The number of ketones is 2. The fraction of sp³-hybridized carbons (Fsp3) is 0.737. The molecule has 0 aromatic carbocycles. The Labute approximate surface area is 144 Å². The van der Waals surface area contributed by atoms with Gasteiger partial charge in [-0.15, -0.1) is 0 Å². The van der Waals surface area contributed by atoms with Gasteiger partial charge in [-0.05, 0) is 38.0 Å². The summed E-state index contributed by atoms with van der Waals surface area (Å²) >= 11 is 0. The summed E-state index contributed by atoms with van der Waals surface area (Å²) in [5.41, 5.74) is 0. The number of carboxylic acid groups (broad SMARTS) is 1. The van der Waals surface area contributed by atoms with Gasteiger partial charge in [0.05, 0.1) is 6.10 Å². The predicted octanol–water partition coefficient (Wildman–Crippen LogP) is 3.29. The summed E-state index contributed by atoms with van der Waals surface area (Å²) in [6.45, 7) is 1.83. The van der Waals surface area contributed by atoms with E-state index >= 15 is 0 Å². The molecule has 24 heavy (non-hydrogen) atoms. The number of aliphatic hydroxyl groups excluding tert-OH is 1. The van der Waals surface area contributed by atoms with Crippen LogP contribution in [0.25, 0.3) is 0 Å². The van der Waals surface area contributed by atoms with Gasteiger partial charge in [0.2, 0.25) is 0 Å². The Balaban J connectivity index is 2.32. The topological polar surface area (TPSA) is 91.7 Å². The molecule has 1 saturated carbocycles. The number of aliphatic carboxylic acids is 1. The summed E-state index contributed by atoms with van der Waals surface area (Å²) in [5.74, 6) is -0.752. The zero-order valence-corrected chi connectivity index (χ0v) is 14.6. The molecular formula is C19H30O5. The normalized spacial score (nSPS) is 23.9. The first-order valence-corrected chi connectivity index (χ1v) is 9.05. The number of hydrogen-bond acceptors (Lipinski definition) is 4. The number of allylic oxidation sites excluding steroid dienone is 2. The van der Waals surface area contributed by atoms with Crippen LogP contribution in [0.4, 0.5) is 0 Å². The third kappa shape index (κ3) is 7.39. The van der Waals surface area contributed by atoms with Gasteiger partial charge in [0.15, 0.2) is 0 Å². The summed E-state index contributed by atoms with van der Waals surface area (Å²) in [7, 11) is 0. The first kappa shape index (κ1) is 20.6. The van der Waals surface area contributed by atoms with Crippen molar-refractivity contribution in [1.82, 2.24) is 0 Å². The van der Waals surface area contributed by atoms with E-state index in [1.165, 1.54) is 0 Å². The standard InChI is InChI=1S/C19H30O5/c1-2-14(20)11-12-16-15(17(21)13-18(16)22)9-7-5-3-4-6-8-10-19(23)24/h5,7,15-16,18,22H,2-4,6,8-13H2,1H3,(H,23,24)/t15-,16-,18-/m1/s1. The van der Waals surface area contributed by atoms with E-state index < -0.39 is 12.1 Å².